The van der Waals surface area contributed by atoms with Crippen LogP contribution in [0.2, 0.25) is 0 Å². The lowest BCUT2D eigenvalue weighted by atomic mass is 10.2. The minimum Gasteiger partial charge on any atom is -0.394 e. The van der Waals surface area contributed by atoms with Crippen molar-refractivity contribution in [1.82, 2.24) is 10.2 Å². The summed E-state index contributed by atoms with van der Waals surface area (Å²) in [6, 6.07) is 0. The molecule has 2 fully saturated rings. The summed E-state index contributed by atoms with van der Waals surface area (Å²) in [5.74, 6) is 0. The van der Waals surface area contributed by atoms with Gasteiger partial charge in [-0.15, -0.1) is 0 Å². The summed E-state index contributed by atoms with van der Waals surface area (Å²) in [6.45, 7) is 0.386. The molecule has 0 spiro atoms. The summed E-state index contributed by atoms with van der Waals surface area (Å²) in [5, 5.41) is 31.1. The van der Waals surface area contributed by atoms with Crippen molar-refractivity contribution >= 4 is 17.3 Å². The maximum atomic E-state index is 9.60. The first-order chi connectivity index (χ1) is 7.61. The molecule has 1 unspecified atom stereocenters. The average Bonchev–Trinajstić information content (AvgIpc) is 2.59. The van der Waals surface area contributed by atoms with Gasteiger partial charge in [0.15, 0.2) is 5.11 Å². The lowest BCUT2D eigenvalue weighted by molar-refractivity contribution is -0.0646. The number of nitrogens with one attached hydrogen (secondary N) is 1. The Morgan fingerprint density at radius 3 is 2.81 bits per heavy atom. The molecule has 92 valence electrons. The third-order valence-electron chi connectivity index (χ3n) is 2.93. The third-order valence-corrected chi connectivity index (χ3v) is 3.28. The molecule has 6 nitrogen and oxygen atoms in total. The van der Waals surface area contributed by atoms with Crippen molar-refractivity contribution in [3.05, 3.63) is 0 Å². The molecule has 16 heavy (non-hydrogen) atoms. The average molecular weight is 248 g/mol. The van der Waals surface area contributed by atoms with E-state index in [1.165, 1.54) is 0 Å². The van der Waals surface area contributed by atoms with E-state index in [1.54, 1.807) is 4.90 Å². The van der Waals surface area contributed by atoms with Crippen molar-refractivity contribution in [2.24, 2.45) is 0 Å². The Kier molecular flexibility index (Phi) is 3.60. The van der Waals surface area contributed by atoms with E-state index in [0.717, 1.165) is 0 Å². The number of ether oxygens (including phenoxy) is 1. The lowest BCUT2D eigenvalue weighted by Gasteiger charge is -2.36. The molecule has 2 rings (SSSR count). The molecule has 7 heteroatoms. The normalized spacial score (nSPS) is 39.9. The van der Waals surface area contributed by atoms with Crippen LogP contribution in [-0.4, -0.2) is 63.1 Å². The first kappa shape index (κ1) is 12.0. The number of rotatable bonds is 2. The predicted molar refractivity (Wildman–Crippen MR) is 59.4 cm³/mol. The lowest BCUT2D eigenvalue weighted by Crippen LogP contribution is -2.55. The minimum atomic E-state index is -0.662. The van der Waals surface area contributed by atoms with Crippen molar-refractivity contribution < 1.29 is 20.1 Å². The van der Waals surface area contributed by atoms with Gasteiger partial charge in [0.25, 0.3) is 0 Å². The van der Waals surface area contributed by atoms with E-state index in [1.807, 2.05) is 0 Å². The van der Waals surface area contributed by atoms with Gasteiger partial charge in [-0.2, -0.15) is 0 Å². The zero-order valence-corrected chi connectivity index (χ0v) is 9.56. The molecule has 0 radical (unpaired) electrons. The number of aliphatic hydroxyl groups excluding tert-OH is 3. The van der Waals surface area contributed by atoms with Crippen molar-refractivity contribution in [3.8, 4) is 0 Å². The zero-order chi connectivity index (χ0) is 11.7. The molecule has 4 N–H and O–H groups in total. The van der Waals surface area contributed by atoms with Gasteiger partial charge in [-0.1, -0.05) is 0 Å². The summed E-state index contributed by atoms with van der Waals surface area (Å²) in [7, 11) is 0. The van der Waals surface area contributed by atoms with Gasteiger partial charge in [-0.25, -0.2) is 0 Å². The molecule has 2 heterocycles. The van der Waals surface area contributed by atoms with Crippen molar-refractivity contribution in [1.29, 1.82) is 0 Å². The first-order valence-corrected chi connectivity index (χ1v) is 5.72. The Bertz CT molecular complexity index is 278. The molecule has 2 saturated heterocycles. The summed E-state index contributed by atoms with van der Waals surface area (Å²) in [5.41, 5.74) is 0. The van der Waals surface area contributed by atoms with Gasteiger partial charge in [0.1, 0.15) is 18.6 Å². The van der Waals surface area contributed by atoms with Gasteiger partial charge >= 0.3 is 0 Å². The van der Waals surface area contributed by atoms with E-state index in [0.29, 0.717) is 24.5 Å². The van der Waals surface area contributed by atoms with Gasteiger partial charge in [-0.05, 0) is 12.2 Å². The van der Waals surface area contributed by atoms with Crippen molar-refractivity contribution in [2.75, 3.05) is 13.2 Å². The van der Waals surface area contributed by atoms with Gasteiger partial charge in [0.2, 0.25) is 0 Å². The number of thiocarbonyl (C=S) groups is 1. The van der Waals surface area contributed by atoms with Gasteiger partial charge in [-0.3, -0.25) is 0 Å². The van der Waals surface area contributed by atoms with Crippen molar-refractivity contribution in [2.45, 2.75) is 37.5 Å². The van der Waals surface area contributed by atoms with Crippen LogP contribution in [0.1, 0.15) is 12.8 Å². The summed E-state index contributed by atoms with van der Waals surface area (Å²) >= 11 is 5.09. The molecule has 0 aromatic rings. The molecule has 0 aromatic heterocycles. The molecule has 2 aliphatic heterocycles. The van der Waals surface area contributed by atoms with Crippen LogP contribution in [0.3, 0.4) is 0 Å². The van der Waals surface area contributed by atoms with E-state index in [9.17, 15) is 10.2 Å². The fourth-order valence-corrected chi connectivity index (χ4v) is 2.35. The van der Waals surface area contributed by atoms with Crippen LogP contribution in [-0.2, 0) is 4.74 Å². The quantitative estimate of drug-likeness (QED) is 0.436. The van der Waals surface area contributed by atoms with E-state index < -0.39 is 18.4 Å². The van der Waals surface area contributed by atoms with Crippen molar-refractivity contribution in [3.63, 3.8) is 0 Å². The Labute approximate surface area is 98.8 Å². The number of nitrogens with zero attached hydrogens (tertiary/aromatic N) is 1. The van der Waals surface area contributed by atoms with Crippen LogP contribution < -0.4 is 5.32 Å². The third kappa shape index (κ3) is 2.28. The second-order valence-corrected chi connectivity index (χ2v) is 4.45. The number of hydrogen-bond acceptors (Lipinski definition) is 5. The molecular weight excluding hydrogens is 232 g/mol. The largest absolute Gasteiger partial charge is 0.394 e. The monoisotopic (exact) mass is 248 g/mol. The zero-order valence-electron chi connectivity index (χ0n) is 8.74. The van der Waals surface area contributed by atoms with Crippen LogP contribution in [0, 0.1) is 0 Å². The summed E-state index contributed by atoms with van der Waals surface area (Å²) in [6.07, 6.45) is -1.16. The van der Waals surface area contributed by atoms with Gasteiger partial charge in [0.05, 0.1) is 12.7 Å². The highest BCUT2D eigenvalue weighted by atomic mass is 32.1. The molecule has 0 aliphatic carbocycles. The molecule has 0 bridgehead atoms. The second-order valence-electron chi connectivity index (χ2n) is 4.06. The predicted octanol–water partition coefficient (Wildman–Crippen LogP) is -1.65. The Morgan fingerprint density at radius 1 is 1.50 bits per heavy atom. The Morgan fingerprint density at radius 2 is 2.25 bits per heavy atom. The summed E-state index contributed by atoms with van der Waals surface area (Å²) in [4.78, 5) is 1.79. The fourth-order valence-electron chi connectivity index (χ4n) is 2.01. The smallest absolute Gasteiger partial charge is 0.172 e. The second kappa shape index (κ2) is 4.80. The molecular formula is C9H16N2O4S. The standard InChI is InChI=1S/C9H16N2O4S/c12-4-6-5(13)3-8(15-6)11-2-1-7(14)10-9(11)16/h5-8,12-14H,1-4H2,(H,10,16)/t5-,6+,7?,8+/m0/s1. The maximum Gasteiger partial charge on any atom is 0.172 e. The highest BCUT2D eigenvalue weighted by molar-refractivity contribution is 7.80. The van der Waals surface area contributed by atoms with Gasteiger partial charge < -0.3 is 30.3 Å². The number of hydrogen-bond donors (Lipinski definition) is 4. The molecule has 0 aromatic carbocycles. The van der Waals surface area contributed by atoms with Crippen LogP contribution in [0.4, 0.5) is 0 Å². The fraction of sp³-hybridized carbons (Fsp3) is 0.889. The first-order valence-electron chi connectivity index (χ1n) is 5.31. The van der Waals surface area contributed by atoms with E-state index in [4.69, 9.17) is 22.1 Å². The number of aliphatic hydroxyl groups is 3. The molecule has 2 aliphatic rings. The Balaban J connectivity index is 1.96. The highest BCUT2D eigenvalue weighted by Crippen LogP contribution is 2.24. The highest BCUT2D eigenvalue weighted by Gasteiger charge is 2.38. The SMILES string of the molecule is OC[C@H]1O[C@@H](N2CCC(O)NC2=S)C[C@@H]1O. The molecule has 0 amide bonds. The van der Waals surface area contributed by atoms with Crippen LogP contribution >= 0.6 is 12.2 Å². The van der Waals surface area contributed by atoms with E-state index >= 15 is 0 Å². The van der Waals surface area contributed by atoms with Crippen LogP contribution in [0.15, 0.2) is 0 Å². The maximum absolute atomic E-state index is 9.60. The van der Waals surface area contributed by atoms with Crippen LogP contribution in [0.25, 0.3) is 0 Å². The minimum absolute atomic E-state index is 0.200. The van der Waals surface area contributed by atoms with E-state index in [-0.39, 0.29) is 12.8 Å². The molecule has 0 saturated carbocycles. The Hall–Kier alpha value is -0.470. The van der Waals surface area contributed by atoms with Crippen LogP contribution in [0.5, 0.6) is 0 Å². The van der Waals surface area contributed by atoms with Gasteiger partial charge in [0, 0.05) is 19.4 Å². The topological polar surface area (TPSA) is 85.2 Å². The van der Waals surface area contributed by atoms with E-state index in [2.05, 4.69) is 5.32 Å². The summed E-state index contributed by atoms with van der Waals surface area (Å²) < 4.78 is 5.48. The molecule has 4 atom stereocenters.